The topological polar surface area (TPSA) is 113 Å². The van der Waals surface area contributed by atoms with Gasteiger partial charge in [0.15, 0.2) is 10.8 Å². The number of nitrogens with one attached hydrogen (secondary N) is 1. The maximum absolute atomic E-state index is 13.9. The van der Waals surface area contributed by atoms with Crippen LogP contribution in [0.25, 0.3) is 0 Å². The number of carboxylic acids is 1. The van der Waals surface area contributed by atoms with Gasteiger partial charge < -0.3 is 19.9 Å². The standard InChI is InChI=1S/C25H28ClFN4O5S/c1-3-35-25(34)21-18(13-31-9-10-36-14(2)19(31)6-7-20(32)33)29-23(24-28-8-11-37-24)30-22(21)16-5-4-15(27)12-17(16)26/h4-5,8,11-12,14,19,22H,3,6-7,9-10,13H2,1-2H3,(H,29,30)(H,32,33)/t14-,19-,22-/m0/s1. The Morgan fingerprint density at radius 2 is 2.22 bits per heavy atom. The molecule has 0 spiro atoms. The number of halogens is 2. The molecule has 1 fully saturated rings. The van der Waals surface area contributed by atoms with Crippen LogP contribution in [0.15, 0.2) is 46.0 Å². The second-order valence-corrected chi connectivity index (χ2v) is 9.97. The maximum Gasteiger partial charge on any atom is 0.338 e. The van der Waals surface area contributed by atoms with Gasteiger partial charge in [-0.3, -0.25) is 14.7 Å². The normalized spacial score (nSPS) is 22.4. The molecule has 9 nitrogen and oxygen atoms in total. The van der Waals surface area contributed by atoms with Crippen LogP contribution < -0.4 is 5.32 Å². The predicted molar refractivity (Wildman–Crippen MR) is 137 cm³/mol. The number of hydrogen-bond donors (Lipinski definition) is 2. The van der Waals surface area contributed by atoms with Crippen LogP contribution in [0.4, 0.5) is 4.39 Å². The third-order valence-electron chi connectivity index (χ3n) is 6.30. The molecule has 1 aromatic carbocycles. The lowest BCUT2D eigenvalue weighted by molar-refractivity contribution is -0.139. The van der Waals surface area contributed by atoms with E-state index in [9.17, 15) is 19.1 Å². The Balaban J connectivity index is 1.79. The Hall–Kier alpha value is -2.86. The van der Waals surface area contributed by atoms with Crippen LogP contribution in [0.3, 0.4) is 0 Å². The Bertz CT molecular complexity index is 1210. The van der Waals surface area contributed by atoms with Crippen molar-refractivity contribution in [3.63, 3.8) is 0 Å². The molecular formula is C25H28ClFN4O5S. The van der Waals surface area contributed by atoms with Crippen LogP contribution in [-0.4, -0.2) is 71.2 Å². The molecule has 37 heavy (non-hydrogen) atoms. The van der Waals surface area contributed by atoms with Gasteiger partial charge in [0.25, 0.3) is 0 Å². The van der Waals surface area contributed by atoms with Crippen molar-refractivity contribution in [1.82, 2.24) is 15.2 Å². The molecule has 2 aliphatic heterocycles. The summed E-state index contributed by atoms with van der Waals surface area (Å²) >= 11 is 7.81. The van der Waals surface area contributed by atoms with E-state index in [2.05, 4.69) is 15.2 Å². The lowest BCUT2D eigenvalue weighted by Crippen LogP contribution is -2.52. The molecule has 2 aliphatic rings. The van der Waals surface area contributed by atoms with Gasteiger partial charge in [0.1, 0.15) is 11.9 Å². The van der Waals surface area contributed by atoms with E-state index in [1.54, 1.807) is 13.1 Å². The molecule has 3 atom stereocenters. The summed E-state index contributed by atoms with van der Waals surface area (Å²) in [6, 6.07) is 2.93. The van der Waals surface area contributed by atoms with E-state index in [1.807, 2.05) is 12.3 Å². The molecular weight excluding hydrogens is 523 g/mol. The van der Waals surface area contributed by atoms with Crippen LogP contribution in [0, 0.1) is 5.82 Å². The number of rotatable bonds is 9. The van der Waals surface area contributed by atoms with Crippen LogP contribution in [0.1, 0.15) is 43.3 Å². The van der Waals surface area contributed by atoms with Crippen molar-refractivity contribution in [2.24, 2.45) is 4.99 Å². The molecule has 198 valence electrons. The number of benzene rings is 1. The van der Waals surface area contributed by atoms with Gasteiger partial charge in [0.2, 0.25) is 0 Å². The fraction of sp³-hybridized carbons (Fsp3) is 0.440. The summed E-state index contributed by atoms with van der Waals surface area (Å²) in [6.07, 6.45) is 1.84. The highest BCUT2D eigenvalue weighted by Crippen LogP contribution is 2.37. The summed E-state index contributed by atoms with van der Waals surface area (Å²) in [5.74, 6) is -1.51. The number of aliphatic carboxylic acids is 1. The molecule has 2 N–H and O–H groups in total. The number of carbonyl (C=O) groups excluding carboxylic acids is 1. The van der Waals surface area contributed by atoms with Crippen LogP contribution in [-0.2, 0) is 19.1 Å². The molecule has 4 rings (SSSR count). The van der Waals surface area contributed by atoms with Crippen LogP contribution in [0.5, 0.6) is 0 Å². The van der Waals surface area contributed by atoms with Crippen molar-refractivity contribution in [3.8, 4) is 0 Å². The third kappa shape index (κ3) is 6.35. The fourth-order valence-corrected chi connectivity index (χ4v) is 5.44. The molecule has 0 amide bonds. The highest BCUT2D eigenvalue weighted by molar-refractivity contribution is 7.11. The maximum atomic E-state index is 13.9. The number of carbonyl (C=O) groups is 2. The van der Waals surface area contributed by atoms with Gasteiger partial charge in [0.05, 0.1) is 24.9 Å². The lowest BCUT2D eigenvalue weighted by Gasteiger charge is -2.41. The Kier molecular flexibility index (Phi) is 8.91. The molecule has 0 unspecified atom stereocenters. The first-order valence-electron chi connectivity index (χ1n) is 12.0. The molecule has 0 bridgehead atoms. The van der Waals surface area contributed by atoms with Crippen LogP contribution in [0.2, 0.25) is 5.02 Å². The molecule has 1 saturated heterocycles. The minimum Gasteiger partial charge on any atom is -0.481 e. The Morgan fingerprint density at radius 1 is 1.41 bits per heavy atom. The average Bonchev–Trinajstić information content (AvgIpc) is 3.38. The van der Waals surface area contributed by atoms with Gasteiger partial charge in [-0.25, -0.2) is 14.2 Å². The van der Waals surface area contributed by atoms with Crippen molar-refractivity contribution >= 4 is 40.7 Å². The minimum absolute atomic E-state index is 0.00822. The van der Waals surface area contributed by atoms with E-state index in [1.165, 1.54) is 29.5 Å². The number of esters is 1. The summed E-state index contributed by atoms with van der Waals surface area (Å²) < 4.78 is 25.1. The summed E-state index contributed by atoms with van der Waals surface area (Å²) in [7, 11) is 0. The molecule has 0 saturated carbocycles. The van der Waals surface area contributed by atoms with Crippen molar-refractivity contribution in [2.45, 2.75) is 44.9 Å². The smallest absolute Gasteiger partial charge is 0.338 e. The van der Waals surface area contributed by atoms with E-state index < -0.39 is 23.8 Å². The first kappa shape index (κ1) is 27.2. The van der Waals surface area contributed by atoms with E-state index in [4.69, 9.17) is 26.1 Å². The van der Waals surface area contributed by atoms with Crippen LogP contribution >= 0.6 is 22.9 Å². The first-order valence-corrected chi connectivity index (χ1v) is 13.2. The highest BCUT2D eigenvalue weighted by Gasteiger charge is 2.37. The quantitative estimate of drug-likeness (QED) is 0.453. The second-order valence-electron chi connectivity index (χ2n) is 8.67. The van der Waals surface area contributed by atoms with E-state index >= 15 is 0 Å². The minimum atomic E-state index is -0.885. The van der Waals surface area contributed by atoms with E-state index in [-0.39, 0.29) is 42.3 Å². The van der Waals surface area contributed by atoms with Gasteiger partial charge in [0, 0.05) is 53.4 Å². The second kappa shape index (κ2) is 12.1. The highest BCUT2D eigenvalue weighted by atomic mass is 35.5. The zero-order chi connectivity index (χ0) is 26.5. The third-order valence-corrected chi connectivity index (χ3v) is 7.41. The van der Waals surface area contributed by atoms with Crippen molar-refractivity contribution in [2.75, 3.05) is 26.3 Å². The summed E-state index contributed by atoms with van der Waals surface area (Å²) in [5.41, 5.74) is 1.25. The summed E-state index contributed by atoms with van der Waals surface area (Å²) in [5, 5.41) is 15.1. The number of morpholine rings is 1. The average molecular weight is 551 g/mol. The van der Waals surface area contributed by atoms with Crippen molar-refractivity contribution in [1.29, 1.82) is 0 Å². The number of hydrogen-bond acceptors (Lipinski definition) is 9. The largest absolute Gasteiger partial charge is 0.481 e. The molecule has 3 heterocycles. The zero-order valence-corrected chi connectivity index (χ0v) is 22.0. The number of thiazole rings is 1. The molecule has 0 radical (unpaired) electrons. The van der Waals surface area contributed by atoms with Gasteiger partial charge in [-0.1, -0.05) is 17.7 Å². The summed E-state index contributed by atoms with van der Waals surface area (Å²) in [6.45, 7) is 5.07. The van der Waals surface area contributed by atoms with Gasteiger partial charge in [-0.05, 0) is 32.4 Å². The van der Waals surface area contributed by atoms with E-state index in [0.717, 1.165) is 0 Å². The predicted octanol–water partition coefficient (Wildman–Crippen LogP) is 3.80. The monoisotopic (exact) mass is 550 g/mol. The van der Waals surface area contributed by atoms with Crippen molar-refractivity contribution in [3.05, 3.63) is 62.5 Å². The number of carboxylic acid groups (broad SMARTS) is 1. The van der Waals surface area contributed by atoms with Crippen molar-refractivity contribution < 1.29 is 28.6 Å². The Morgan fingerprint density at radius 3 is 2.89 bits per heavy atom. The fourth-order valence-electron chi connectivity index (χ4n) is 4.58. The van der Waals surface area contributed by atoms with Gasteiger partial charge >= 0.3 is 11.9 Å². The lowest BCUT2D eigenvalue weighted by atomic mass is 9.94. The number of aliphatic imine (C=N–C) groups is 1. The van der Waals surface area contributed by atoms with Gasteiger partial charge in [-0.2, -0.15) is 0 Å². The number of nitrogens with zero attached hydrogens (tertiary/aromatic N) is 3. The number of amidine groups is 1. The summed E-state index contributed by atoms with van der Waals surface area (Å²) in [4.78, 5) is 35.9. The molecule has 1 aromatic heterocycles. The van der Waals surface area contributed by atoms with Gasteiger partial charge in [-0.15, -0.1) is 11.3 Å². The number of aromatic nitrogens is 1. The molecule has 2 aromatic rings. The Labute approximate surface area is 223 Å². The first-order chi connectivity index (χ1) is 17.8. The van der Waals surface area contributed by atoms with E-state index in [0.29, 0.717) is 41.7 Å². The molecule has 12 heteroatoms. The number of ether oxygens (including phenoxy) is 2. The zero-order valence-electron chi connectivity index (χ0n) is 20.4. The SMILES string of the molecule is CCOC(=O)C1=C(CN2CCO[C@@H](C)[C@@H]2CCC(=O)O)NC(c2nccs2)=N[C@H]1c1ccc(F)cc1Cl. The molecule has 0 aliphatic carbocycles.